The Labute approximate surface area is 189 Å². The minimum absolute atomic E-state index is 0.00268. The average molecular weight is 437 g/mol. The zero-order valence-electron chi connectivity index (χ0n) is 17.6. The Kier molecular flexibility index (Phi) is 5.59. The van der Waals surface area contributed by atoms with Gasteiger partial charge in [-0.3, -0.25) is 19.4 Å². The predicted octanol–water partition coefficient (Wildman–Crippen LogP) is 4.62. The van der Waals surface area contributed by atoms with E-state index < -0.39 is 0 Å². The Bertz CT molecular complexity index is 1430. The van der Waals surface area contributed by atoms with Crippen molar-refractivity contribution in [3.63, 3.8) is 0 Å². The second-order valence-corrected chi connectivity index (χ2v) is 7.55. The van der Waals surface area contributed by atoms with Gasteiger partial charge in [-0.25, -0.2) is 4.39 Å². The number of carbonyl (C=O) groups is 1. The van der Waals surface area contributed by atoms with Crippen molar-refractivity contribution in [1.82, 2.24) is 25.1 Å². The van der Waals surface area contributed by atoms with Gasteiger partial charge in [0.15, 0.2) is 0 Å². The summed E-state index contributed by atoms with van der Waals surface area (Å²) in [5, 5.41) is 8.42. The van der Waals surface area contributed by atoms with E-state index in [1.54, 1.807) is 35.3 Å². The van der Waals surface area contributed by atoms with Crippen molar-refractivity contribution >= 4 is 16.8 Å². The molecule has 0 bridgehead atoms. The van der Waals surface area contributed by atoms with Crippen LogP contribution in [0.1, 0.15) is 5.56 Å². The van der Waals surface area contributed by atoms with E-state index in [0.29, 0.717) is 17.0 Å². The number of nitrogens with zero attached hydrogens (tertiary/aromatic N) is 4. The number of rotatable bonds is 6. The molecule has 0 saturated carbocycles. The number of benzene rings is 2. The summed E-state index contributed by atoms with van der Waals surface area (Å²) in [6, 6.07) is 21.8. The SMILES string of the molecule is O=C(Cn1cc(-c2ccnc3ccccc23)c(-c2ccccn2)n1)NCc1ccccc1F. The van der Waals surface area contributed by atoms with Gasteiger partial charge in [-0.05, 0) is 35.9 Å². The van der Waals surface area contributed by atoms with Gasteiger partial charge in [0.2, 0.25) is 5.91 Å². The lowest BCUT2D eigenvalue weighted by Crippen LogP contribution is -2.27. The number of halogens is 1. The van der Waals surface area contributed by atoms with E-state index in [1.165, 1.54) is 6.07 Å². The summed E-state index contributed by atoms with van der Waals surface area (Å²) in [5.74, 6) is -0.611. The molecule has 0 spiro atoms. The molecule has 0 fully saturated rings. The molecule has 2 aromatic carbocycles. The Morgan fingerprint density at radius 1 is 0.879 bits per heavy atom. The van der Waals surface area contributed by atoms with Crippen molar-refractivity contribution in [2.45, 2.75) is 13.1 Å². The molecule has 0 atom stereocenters. The van der Waals surface area contributed by atoms with E-state index in [1.807, 2.05) is 54.7 Å². The van der Waals surface area contributed by atoms with Gasteiger partial charge in [0.05, 0.1) is 11.2 Å². The maximum absolute atomic E-state index is 13.8. The van der Waals surface area contributed by atoms with Crippen LogP contribution in [0.5, 0.6) is 0 Å². The first-order valence-corrected chi connectivity index (χ1v) is 10.5. The highest BCUT2D eigenvalue weighted by Gasteiger charge is 2.17. The van der Waals surface area contributed by atoms with E-state index in [-0.39, 0.29) is 24.8 Å². The minimum atomic E-state index is -0.346. The molecule has 0 saturated heterocycles. The van der Waals surface area contributed by atoms with Gasteiger partial charge in [0.25, 0.3) is 0 Å². The normalized spacial score (nSPS) is 10.9. The first-order chi connectivity index (χ1) is 16.2. The van der Waals surface area contributed by atoms with Crippen molar-refractivity contribution in [2.75, 3.05) is 0 Å². The van der Waals surface area contributed by atoms with Crippen LogP contribution in [0.15, 0.2) is 91.4 Å². The average Bonchev–Trinajstić information content (AvgIpc) is 3.27. The van der Waals surface area contributed by atoms with Crippen LogP contribution in [0.25, 0.3) is 33.4 Å². The van der Waals surface area contributed by atoms with E-state index >= 15 is 0 Å². The summed E-state index contributed by atoms with van der Waals surface area (Å²) in [7, 11) is 0. The molecule has 3 heterocycles. The van der Waals surface area contributed by atoms with Gasteiger partial charge in [-0.1, -0.05) is 42.5 Å². The van der Waals surface area contributed by atoms with Crippen LogP contribution >= 0.6 is 0 Å². The zero-order valence-corrected chi connectivity index (χ0v) is 17.6. The number of fused-ring (bicyclic) bond motifs is 1. The van der Waals surface area contributed by atoms with Gasteiger partial charge in [0.1, 0.15) is 18.1 Å². The Hall–Kier alpha value is -4.39. The van der Waals surface area contributed by atoms with Crippen LogP contribution in [-0.4, -0.2) is 25.7 Å². The van der Waals surface area contributed by atoms with Crippen LogP contribution in [0.4, 0.5) is 4.39 Å². The molecule has 1 amide bonds. The number of nitrogens with one attached hydrogen (secondary N) is 1. The minimum Gasteiger partial charge on any atom is -0.350 e. The van der Waals surface area contributed by atoms with Crippen molar-refractivity contribution in [1.29, 1.82) is 0 Å². The molecule has 0 aliphatic rings. The monoisotopic (exact) mass is 437 g/mol. The molecule has 3 aromatic heterocycles. The summed E-state index contributed by atoms with van der Waals surface area (Å²) in [6.07, 6.45) is 5.32. The lowest BCUT2D eigenvalue weighted by molar-refractivity contribution is -0.122. The number of hydrogen-bond acceptors (Lipinski definition) is 4. The maximum Gasteiger partial charge on any atom is 0.242 e. The molecule has 0 unspecified atom stereocenters. The largest absolute Gasteiger partial charge is 0.350 e. The molecule has 0 aliphatic carbocycles. The third kappa shape index (κ3) is 4.34. The fraction of sp³-hybridized carbons (Fsp3) is 0.0769. The molecule has 0 radical (unpaired) electrons. The smallest absolute Gasteiger partial charge is 0.242 e. The Balaban J connectivity index is 1.48. The fourth-order valence-electron chi connectivity index (χ4n) is 3.76. The second-order valence-electron chi connectivity index (χ2n) is 7.55. The molecule has 1 N–H and O–H groups in total. The Morgan fingerprint density at radius 2 is 1.70 bits per heavy atom. The number of carbonyl (C=O) groups excluding carboxylic acids is 1. The van der Waals surface area contributed by atoms with E-state index in [2.05, 4.69) is 20.4 Å². The third-order valence-electron chi connectivity index (χ3n) is 5.35. The predicted molar refractivity (Wildman–Crippen MR) is 124 cm³/mol. The topological polar surface area (TPSA) is 72.7 Å². The number of aromatic nitrogens is 4. The molecule has 0 aliphatic heterocycles. The highest BCUT2D eigenvalue weighted by Crippen LogP contribution is 2.34. The van der Waals surface area contributed by atoms with Crippen LogP contribution in [0.3, 0.4) is 0 Å². The van der Waals surface area contributed by atoms with Crippen molar-refractivity contribution in [3.8, 4) is 22.5 Å². The summed E-state index contributed by atoms with van der Waals surface area (Å²) >= 11 is 0. The molecule has 7 heteroatoms. The first kappa shape index (κ1) is 20.5. The third-order valence-corrected chi connectivity index (χ3v) is 5.35. The van der Waals surface area contributed by atoms with Crippen molar-refractivity contribution in [2.24, 2.45) is 0 Å². The number of pyridine rings is 2. The van der Waals surface area contributed by atoms with Gasteiger partial charge in [0, 0.05) is 41.6 Å². The standard InChI is InChI=1S/C26H20FN5O/c27-22-9-3-1-7-18(22)15-30-25(33)17-32-16-21(26(31-32)24-11-5-6-13-28-24)19-12-14-29-23-10-4-2-8-20(19)23/h1-14,16H,15,17H2,(H,30,33). The van der Waals surface area contributed by atoms with Crippen LogP contribution < -0.4 is 5.32 Å². The lowest BCUT2D eigenvalue weighted by Gasteiger charge is -2.06. The molecule has 162 valence electrons. The maximum atomic E-state index is 13.8. The quantitative estimate of drug-likeness (QED) is 0.421. The fourth-order valence-corrected chi connectivity index (χ4v) is 3.76. The van der Waals surface area contributed by atoms with Crippen LogP contribution in [0, 0.1) is 5.82 Å². The first-order valence-electron chi connectivity index (χ1n) is 10.5. The van der Waals surface area contributed by atoms with Crippen LogP contribution in [0.2, 0.25) is 0 Å². The zero-order chi connectivity index (χ0) is 22.6. The van der Waals surface area contributed by atoms with Gasteiger partial charge >= 0.3 is 0 Å². The van der Waals surface area contributed by atoms with Crippen molar-refractivity contribution < 1.29 is 9.18 Å². The van der Waals surface area contributed by atoms with Gasteiger partial charge in [-0.15, -0.1) is 0 Å². The summed E-state index contributed by atoms with van der Waals surface area (Å²) in [6.45, 7) is 0.110. The molecule has 33 heavy (non-hydrogen) atoms. The highest BCUT2D eigenvalue weighted by molar-refractivity contribution is 5.97. The van der Waals surface area contributed by atoms with Gasteiger partial charge in [-0.2, -0.15) is 5.10 Å². The van der Waals surface area contributed by atoms with Crippen LogP contribution in [-0.2, 0) is 17.9 Å². The van der Waals surface area contributed by atoms with E-state index in [0.717, 1.165) is 22.0 Å². The van der Waals surface area contributed by atoms with Crippen molar-refractivity contribution in [3.05, 3.63) is 103 Å². The molecule has 5 rings (SSSR count). The summed E-state index contributed by atoms with van der Waals surface area (Å²) < 4.78 is 15.4. The van der Waals surface area contributed by atoms with E-state index in [9.17, 15) is 9.18 Å². The van der Waals surface area contributed by atoms with E-state index in [4.69, 9.17) is 0 Å². The summed E-state index contributed by atoms with van der Waals surface area (Å²) in [4.78, 5) is 21.5. The molecule has 6 nitrogen and oxygen atoms in total. The Morgan fingerprint density at radius 3 is 2.55 bits per heavy atom. The molecular weight excluding hydrogens is 417 g/mol. The van der Waals surface area contributed by atoms with Gasteiger partial charge < -0.3 is 5.32 Å². The summed E-state index contributed by atoms with van der Waals surface area (Å²) in [5.41, 5.74) is 4.50. The molecular formula is C26H20FN5O. The number of amides is 1. The molecule has 5 aromatic rings. The second kappa shape index (κ2) is 9.00. The highest BCUT2D eigenvalue weighted by atomic mass is 19.1. The number of para-hydroxylation sites is 1. The lowest BCUT2D eigenvalue weighted by atomic mass is 10.0. The number of hydrogen-bond donors (Lipinski definition) is 1.